The van der Waals surface area contributed by atoms with Crippen molar-refractivity contribution in [2.24, 2.45) is 4.99 Å². The van der Waals surface area contributed by atoms with Crippen LogP contribution in [0.3, 0.4) is 0 Å². The van der Waals surface area contributed by atoms with E-state index in [2.05, 4.69) is 21.7 Å². The molecule has 6 nitrogen and oxygen atoms in total. The van der Waals surface area contributed by atoms with Gasteiger partial charge in [0, 0.05) is 13.1 Å². The normalized spacial score (nSPS) is 15.6. The monoisotopic (exact) mass is 505 g/mol. The number of hydrogen-bond acceptors (Lipinski definition) is 4. The zero-order chi connectivity index (χ0) is 19.5. The molecule has 0 radical (unpaired) electrons. The molecule has 0 unspecified atom stereocenters. The van der Waals surface area contributed by atoms with Crippen molar-refractivity contribution in [3.05, 3.63) is 23.8 Å². The van der Waals surface area contributed by atoms with Crippen LogP contribution in [-0.4, -0.2) is 49.5 Å². The Balaban J connectivity index is 0.00000392. The molecule has 160 valence electrons. The summed E-state index contributed by atoms with van der Waals surface area (Å²) in [5.41, 5.74) is 0.559. The van der Waals surface area contributed by atoms with Gasteiger partial charge in [0.1, 0.15) is 0 Å². The van der Waals surface area contributed by atoms with Gasteiger partial charge in [0.2, 0.25) is 0 Å². The number of nitrogens with one attached hydrogen (secondary N) is 2. The predicted octanol–water partition coefficient (Wildman–Crippen LogP) is 3.50. The van der Waals surface area contributed by atoms with Crippen LogP contribution in [0.5, 0.6) is 11.5 Å². The lowest BCUT2D eigenvalue weighted by atomic mass is 10.0. The van der Waals surface area contributed by atoms with Crippen LogP contribution >= 0.6 is 24.0 Å². The number of aliphatic imine (C=N–C) groups is 1. The molecule has 0 amide bonds. The van der Waals surface area contributed by atoms with Gasteiger partial charge in [0.25, 0.3) is 0 Å². The molecule has 1 aliphatic rings. The van der Waals surface area contributed by atoms with Crippen molar-refractivity contribution in [3.63, 3.8) is 0 Å². The van der Waals surface area contributed by atoms with Crippen molar-refractivity contribution < 1.29 is 14.6 Å². The summed E-state index contributed by atoms with van der Waals surface area (Å²) in [4.78, 5) is 4.58. The Hall–Kier alpha value is -1.22. The van der Waals surface area contributed by atoms with Gasteiger partial charge in [-0.25, -0.2) is 0 Å². The lowest BCUT2D eigenvalue weighted by Gasteiger charge is -2.20. The number of ether oxygens (including phenoxy) is 2. The van der Waals surface area contributed by atoms with Gasteiger partial charge in [-0.15, -0.1) is 24.0 Å². The molecule has 0 saturated heterocycles. The number of hydrogen-bond donors (Lipinski definition) is 3. The van der Waals surface area contributed by atoms with Gasteiger partial charge in [0.05, 0.1) is 25.4 Å². The summed E-state index contributed by atoms with van der Waals surface area (Å²) in [7, 11) is 0. The summed E-state index contributed by atoms with van der Waals surface area (Å²) >= 11 is 0. The first-order valence-corrected chi connectivity index (χ1v) is 10.2. The highest BCUT2D eigenvalue weighted by atomic mass is 127. The van der Waals surface area contributed by atoms with Gasteiger partial charge in [-0.3, -0.25) is 4.99 Å². The van der Waals surface area contributed by atoms with E-state index in [0.717, 1.165) is 62.7 Å². The zero-order valence-electron chi connectivity index (χ0n) is 17.4. The molecule has 0 heterocycles. The molecule has 1 aromatic rings. The minimum absolute atomic E-state index is 0. The van der Waals surface area contributed by atoms with Gasteiger partial charge in [-0.2, -0.15) is 0 Å². The van der Waals surface area contributed by atoms with Gasteiger partial charge < -0.3 is 25.2 Å². The van der Waals surface area contributed by atoms with Crippen LogP contribution < -0.4 is 20.1 Å². The zero-order valence-corrected chi connectivity index (χ0v) is 19.8. The molecule has 1 fully saturated rings. The third-order valence-electron chi connectivity index (χ3n) is 4.72. The van der Waals surface area contributed by atoms with Crippen molar-refractivity contribution in [2.45, 2.75) is 58.5 Å². The molecule has 0 spiro atoms. The van der Waals surface area contributed by atoms with E-state index in [1.165, 1.54) is 5.56 Å². The number of aliphatic hydroxyl groups is 1. The van der Waals surface area contributed by atoms with E-state index in [0.29, 0.717) is 19.8 Å². The second kappa shape index (κ2) is 13.1. The van der Waals surface area contributed by atoms with E-state index in [9.17, 15) is 5.11 Å². The van der Waals surface area contributed by atoms with Crippen LogP contribution in [0.25, 0.3) is 0 Å². The molecule has 3 N–H and O–H groups in total. The summed E-state index contributed by atoms with van der Waals surface area (Å²) in [6.45, 7) is 9.23. The maximum absolute atomic E-state index is 10.5. The van der Waals surface area contributed by atoms with E-state index >= 15 is 0 Å². The van der Waals surface area contributed by atoms with E-state index in [1.54, 1.807) is 0 Å². The number of rotatable bonds is 10. The summed E-state index contributed by atoms with van der Waals surface area (Å²) < 4.78 is 11.3. The van der Waals surface area contributed by atoms with E-state index in [4.69, 9.17) is 9.47 Å². The Labute approximate surface area is 186 Å². The molecular formula is C21H36IN3O3. The van der Waals surface area contributed by atoms with Crippen LogP contribution in [0.1, 0.15) is 52.0 Å². The molecule has 1 aromatic carbocycles. The molecular weight excluding hydrogens is 469 g/mol. The van der Waals surface area contributed by atoms with E-state index < -0.39 is 5.60 Å². The van der Waals surface area contributed by atoms with Gasteiger partial charge in [-0.1, -0.05) is 18.9 Å². The van der Waals surface area contributed by atoms with Crippen LogP contribution in [0, 0.1) is 0 Å². The van der Waals surface area contributed by atoms with Crippen molar-refractivity contribution in [2.75, 3.05) is 32.8 Å². The van der Waals surface area contributed by atoms with Crippen LogP contribution in [-0.2, 0) is 6.42 Å². The third-order valence-corrected chi connectivity index (χ3v) is 4.72. The van der Waals surface area contributed by atoms with Gasteiger partial charge in [0.15, 0.2) is 17.5 Å². The Bertz CT molecular complexity index is 605. The summed E-state index contributed by atoms with van der Waals surface area (Å²) in [5, 5.41) is 17.1. The Morgan fingerprint density at radius 3 is 2.39 bits per heavy atom. The Kier molecular flexibility index (Phi) is 11.6. The minimum atomic E-state index is -0.621. The first-order valence-electron chi connectivity index (χ1n) is 10.2. The highest BCUT2D eigenvalue weighted by Crippen LogP contribution is 2.30. The second-order valence-corrected chi connectivity index (χ2v) is 6.95. The van der Waals surface area contributed by atoms with Gasteiger partial charge in [-0.05, 0) is 57.7 Å². The van der Waals surface area contributed by atoms with Crippen molar-refractivity contribution in [1.82, 2.24) is 10.6 Å². The SMILES string of the molecule is CCNC(=NCC1(O)CCCC1)NCCc1ccc(OCC)c(OCC)c1.I. The fourth-order valence-electron chi connectivity index (χ4n) is 3.34. The molecule has 0 aromatic heterocycles. The smallest absolute Gasteiger partial charge is 0.191 e. The third kappa shape index (κ3) is 8.03. The molecule has 1 saturated carbocycles. The average molecular weight is 505 g/mol. The van der Waals surface area contributed by atoms with E-state index in [1.807, 2.05) is 32.9 Å². The first kappa shape index (κ1) is 24.8. The molecule has 28 heavy (non-hydrogen) atoms. The average Bonchev–Trinajstić information content (AvgIpc) is 3.09. The van der Waals surface area contributed by atoms with Crippen LogP contribution in [0.2, 0.25) is 0 Å². The number of guanidine groups is 1. The van der Waals surface area contributed by atoms with Gasteiger partial charge >= 0.3 is 0 Å². The first-order chi connectivity index (χ1) is 13.1. The van der Waals surface area contributed by atoms with Crippen molar-refractivity contribution in [1.29, 1.82) is 0 Å². The van der Waals surface area contributed by atoms with Crippen LogP contribution in [0.15, 0.2) is 23.2 Å². The van der Waals surface area contributed by atoms with Crippen LogP contribution in [0.4, 0.5) is 0 Å². The summed E-state index contributed by atoms with van der Waals surface area (Å²) in [6, 6.07) is 6.08. The lowest BCUT2D eigenvalue weighted by molar-refractivity contribution is 0.0574. The second-order valence-electron chi connectivity index (χ2n) is 6.95. The maximum Gasteiger partial charge on any atom is 0.191 e. The topological polar surface area (TPSA) is 75.1 Å². The number of nitrogens with zero attached hydrogens (tertiary/aromatic N) is 1. The number of benzene rings is 1. The summed E-state index contributed by atoms with van der Waals surface area (Å²) in [6.07, 6.45) is 4.73. The molecule has 0 bridgehead atoms. The molecule has 0 aliphatic heterocycles. The Morgan fingerprint density at radius 2 is 1.75 bits per heavy atom. The quantitative estimate of drug-likeness (QED) is 0.258. The van der Waals surface area contributed by atoms with Crippen molar-refractivity contribution in [3.8, 4) is 11.5 Å². The highest BCUT2D eigenvalue weighted by molar-refractivity contribution is 14.0. The summed E-state index contributed by atoms with van der Waals surface area (Å²) in [5.74, 6) is 2.34. The maximum atomic E-state index is 10.5. The minimum Gasteiger partial charge on any atom is -0.490 e. The molecule has 0 atom stereocenters. The standard InChI is InChI=1S/C21H35N3O3.HI/c1-4-22-20(24-16-21(25)12-7-8-13-21)23-14-11-17-9-10-18(26-5-2)19(15-17)27-6-3;/h9-10,15,25H,4-8,11-14,16H2,1-3H3,(H2,22,23,24);1H. The lowest BCUT2D eigenvalue weighted by Crippen LogP contribution is -2.40. The number of halogens is 1. The fraction of sp³-hybridized carbons (Fsp3) is 0.667. The Morgan fingerprint density at radius 1 is 1.07 bits per heavy atom. The fourth-order valence-corrected chi connectivity index (χ4v) is 3.34. The molecule has 2 rings (SSSR count). The van der Waals surface area contributed by atoms with E-state index in [-0.39, 0.29) is 24.0 Å². The highest BCUT2D eigenvalue weighted by Gasteiger charge is 2.30. The molecule has 7 heteroatoms. The molecule has 1 aliphatic carbocycles. The predicted molar refractivity (Wildman–Crippen MR) is 125 cm³/mol. The van der Waals surface area contributed by atoms with Crippen molar-refractivity contribution >= 4 is 29.9 Å². The largest absolute Gasteiger partial charge is 0.490 e.